The van der Waals surface area contributed by atoms with Crippen LogP contribution in [0.3, 0.4) is 0 Å². The molecule has 0 saturated carbocycles. The molecule has 0 aliphatic rings. The fourth-order valence-electron chi connectivity index (χ4n) is 2.40. The van der Waals surface area contributed by atoms with Gasteiger partial charge in [-0.15, -0.1) is 0 Å². The minimum atomic E-state index is -0.257. The number of anilines is 1. The summed E-state index contributed by atoms with van der Waals surface area (Å²) in [5, 5.41) is 7.56. The zero-order chi connectivity index (χ0) is 18.7. The lowest BCUT2D eigenvalue weighted by Crippen LogP contribution is -2.36. The van der Waals surface area contributed by atoms with Gasteiger partial charge in [0.15, 0.2) is 11.2 Å². The Morgan fingerprint density at radius 2 is 2.15 bits per heavy atom. The molecule has 3 rings (SSSR count). The fourth-order valence-corrected chi connectivity index (χ4v) is 3.26. The number of carbonyl (C=O) groups is 1. The maximum atomic E-state index is 12.6. The number of benzene rings is 1. The molecule has 0 bridgehead atoms. The summed E-state index contributed by atoms with van der Waals surface area (Å²) < 4.78 is 8.26. The van der Waals surface area contributed by atoms with Gasteiger partial charge in [0.2, 0.25) is 11.2 Å². The summed E-state index contributed by atoms with van der Waals surface area (Å²) in [5.41, 5.74) is 0.521. The predicted molar refractivity (Wildman–Crippen MR) is 98.1 cm³/mol. The lowest BCUT2D eigenvalue weighted by Gasteiger charge is -2.10. The third kappa shape index (κ3) is 3.77. The Hall–Kier alpha value is -2.68. The van der Waals surface area contributed by atoms with Crippen LogP contribution in [0.1, 0.15) is 26.8 Å². The highest BCUT2D eigenvalue weighted by molar-refractivity contribution is 7.99. The smallest absolute Gasteiger partial charge is 0.288 e. The van der Waals surface area contributed by atoms with Crippen molar-refractivity contribution in [2.24, 2.45) is 0 Å². The largest absolute Gasteiger partial charge is 0.302 e. The van der Waals surface area contributed by atoms with Crippen LogP contribution in [-0.4, -0.2) is 26.5 Å². The molecule has 0 spiro atoms. The summed E-state index contributed by atoms with van der Waals surface area (Å²) >= 11 is 1.21. The molecule has 0 atom stereocenters. The second kappa shape index (κ2) is 7.69. The van der Waals surface area contributed by atoms with Gasteiger partial charge in [-0.1, -0.05) is 23.9 Å². The SMILES string of the molecule is CCn1c(SCC(=O)Nc2c[n+](C(C)C)no2)nc2ccccc2c1=O. The van der Waals surface area contributed by atoms with Crippen LogP contribution in [0.25, 0.3) is 10.9 Å². The van der Waals surface area contributed by atoms with Crippen molar-refractivity contribution in [2.45, 2.75) is 38.5 Å². The molecule has 0 unspecified atom stereocenters. The van der Waals surface area contributed by atoms with E-state index in [0.717, 1.165) is 0 Å². The van der Waals surface area contributed by atoms with Crippen molar-refractivity contribution in [2.75, 3.05) is 11.1 Å². The molecule has 2 heterocycles. The molecule has 26 heavy (non-hydrogen) atoms. The number of hydrogen-bond donors (Lipinski definition) is 1. The Morgan fingerprint density at radius 3 is 2.85 bits per heavy atom. The van der Waals surface area contributed by atoms with E-state index in [1.165, 1.54) is 11.8 Å². The Kier molecular flexibility index (Phi) is 5.36. The normalized spacial score (nSPS) is 11.2. The molecule has 0 fully saturated rings. The quantitative estimate of drug-likeness (QED) is 0.403. The van der Waals surface area contributed by atoms with Crippen molar-refractivity contribution in [1.82, 2.24) is 14.8 Å². The van der Waals surface area contributed by atoms with Crippen molar-refractivity contribution < 1.29 is 14.0 Å². The number of amides is 1. The maximum Gasteiger partial charge on any atom is 0.302 e. The van der Waals surface area contributed by atoms with Crippen molar-refractivity contribution in [1.29, 1.82) is 0 Å². The van der Waals surface area contributed by atoms with Crippen LogP contribution < -0.4 is 15.6 Å². The van der Waals surface area contributed by atoms with E-state index in [2.05, 4.69) is 15.6 Å². The van der Waals surface area contributed by atoms with Gasteiger partial charge in [-0.3, -0.25) is 24.0 Å². The Morgan fingerprint density at radius 1 is 1.38 bits per heavy atom. The number of aromatic nitrogens is 4. The number of rotatable bonds is 6. The summed E-state index contributed by atoms with van der Waals surface area (Å²) in [7, 11) is 0. The molecule has 1 aromatic carbocycles. The van der Waals surface area contributed by atoms with Crippen LogP contribution in [0.5, 0.6) is 0 Å². The fraction of sp³-hybridized carbons (Fsp3) is 0.353. The van der Waals surface area contributed by atoms with Gasteiger partial charge < -0.3 is 0 Å². The summed E-state index contributed by atoms with van der Waals surface area (Å²) in [6.45, 7) is 6.27. The molecule has 8 nitrogen and oxygen atoms in total. The Bertz CT molecular complexity index is 995. The van der Waals surface area contributed by atoms with Crippen LogP contribution >= 0.6 is 11.8 Å². The van der Waals surface area contributed by atoms with Crippen LogP contribution in [0.15, 0.2) is 44.9 Å². The highest BCUT2D eigenvalue weighted by Gasteiger charge is 2.17. The highest BCUT2D eigenvalue weighted by Crippen LogP contribution is 2.18. The number of carbonyl (C=O) groups excluding carboxylic acids is 1. The van der Waals surface area contributed by atoms with E-state index in [1.807, 2.05) is 32.9 Å². The topological polar surface area (TPSA) is 93.9 Å². The average molecular weight is 374 g/mol. The molecule has 0 aliphatic carbocycles. The van der Waals surface area contributed by atoms with E-state index in [9.17, 15) is 9.59 Å². The van der Waals surface area contributed by atoms with Crippen LogP contribution in [-0.2, 0) is 11.3 Å². The molecule has 1 amide bonds. The zero-order valence-corrected chi connectivity index (χ0v) is 15.6. The summed E-state index contributed by atoms with van der Waals surface area (Å²) in [5.74, 6) is 0.128. The lowest BCUT2D eigenvalue weighted by atomic mass is 10.2. The van der Waals surface area contributed by atoms with Crippen molar-refractivity contribution >= 4 is 34.5 Å². The van der Waals surface area contributed by atoms with E-state index in [1.54, 1.807) is 27.6 Å². The van der Waals surface area contributed by atoms with E-state index in [0.29, 0.717) is 22.6 Å². The van der Waals surface area contributed by atoms with Crippen LogP contribution in [0.2, 0.25) is 0 Å². The van der Waals surface area contributed by atoms with Crippen LogP contribution in [0.4, 0.5) is 5.88 Å². The summed E-state index contributed by atoms with van der Waals surface area (Å²) in [6, 6.07) is 7.33. The third-order valence-corrected chi connectivity index (χ3v) is 4.73. The average Bonchev–Trinajstić information content (AvgIpc) is 3.09. The molecule has 3 aromatic rings. The molecule has 1 N–H and O–H groups in total. The van der Waals surface area contributed by atoms with Gasteiger partial charge in [0.25, 0.3) is 11.8 Å². The number of nitrogens with one attached hydrogen (secondary N) is 1. The van der Waals surface area contributed by atoms with Crippen LogP contribution in [0, 0.1) is 0 Å². The van der Waals surface area contributed by atoms with Gasteiger partial charge >= 0.3 is 5.88 Å². The van der Waals surface area contributed by atoms with E-state index in [-0.39, 0.29) is 29.1 Å². The maximum absolute atomic E-state index is 12.6. The Balaban J connectivity index is 1.74. The molecule has 2 aromatic heterocycles. The Labute approximate surface area is 154 Å². The first-order chi connectivity index (χ1) is 12.5. The molecule has 0 aliphatic heterocycles. The van der Waals surface area contributed by atoms with Crippen molar-refractivity contribution in [3.63, 3.8) is 0 Å². The zero-order valence-electron chi connectivity index (χ0n) is 14.8. The van der Waals surface area contributed by atoms with E-state index in [4.69, 9.17) is 4.52 Å². The first-order valence-corrected chi connectivity index (χ1v) is 9.28. The van der Waals surface area contributed by atoms with Crippen molar-refractivity contribution in [3.8, 4) is 0 Å². The minimum Gasteiger partial charge on any atom is -0.288 e. The number of para-hydroxylation sites is 1. The second-order valence-corrected chi connectivity index (χ2v) is 6.88. The molecular formula is C17H20N5O3S+. The molecule has 0 saturated heterocycles. The standard InChI is InChI=1S/C17H19N5O3S/c1-4-21-16(24)12-7-5-6-8-13(12)18-17(21)26-10-14(23)19-15-9-22(11(2)3)20-25-15/h5-9,11H,4,10H2,1-3H3/p+1. The minimum absolute atomic E-state index is 0.103. The summed E-state index contributed by atoms with van der Waals surface area (Å²) in [6.07, 6.45) is 1.63. The number of thioether (sulfide) groups is 1. The van der Waals surface area contributed by atoms with Gasteiger partial charge in [0.1, 0.15) is 0 Å². The monoisotopic (exact) mass is 374 g/mol. The van der Waals surface area contributed by atoms with Gasteiger partial charge in [-0.25, -0.2) is 4.98 Å². The molecule has 9 heteroatoms. The predicted octanol–water partition coefficient (Wildman–Crippen LogP) is 2.00. The van der Waals surface area contributed by atoms with E-state index >= 15 is 0 Å². The molecule has 0 radical (unpaired) electrons. The first-order valence-electron chi connectivity index (χ1n) is 8.30. The highest BCUT2D eigenvalue weighted by atomic mass is 32.2. The number of nitrogens with zero attached hydrogens (tertiary/aromatic N) is 4. The van der Waals surface area contributed by atoms with Gasteiger partial charge in [0, 0.05) is 6.54 Å². The lowest BCUT2D eigenvalue weighted by molar-refractivity contribution is -0.779. The number of fused-ring (bicyclic) bond motifs is 1. The van der Waals surface area contributed by atoms with Gasteiger partial charge in [-0.2, -0.15) is 0 Å². The second-order valence-electron chi connectivity index (χ2n) is 5.94. The molecular weight excluding hydrogens is 354 g/mol. The third-order valence-electron chi connectivity index (χ3n) is 3.75. The van der Waals surface area contributed by atoms with Crippen molar-refractivity contribution in [3.05, 3.63) is 40.8 Å². The summed E-state index contributed by atoms with van der Waals surface area (Å²) in [4.78, 5) is 29.3. The molecule has 136 valence electrons. The number of hydrogen-bond acceptors (Lipinski definition) is 6. The van der Waals surface area contributed by atoms with Gasteiger partial charge in [-0.05, 0) is 37.6 Å². The van der Waals surface area contributed by atoms with E-state index < -0.39 is 0 Å². The first kappa shape index (κ1) is 18.1. The van der Waals surface area contributed by atoms with Gasteiger partial charge in [0.05, 0.1) is 16.7 Å².